The van der Waals surface area contributed by atoms with Gasteiger partial charge in [0, 0.05) is 18.4 Å². The zero-order chi connectivity index (χ0) is 14.7. The Hall–Kier alpha value is -0.880. The fourth-order valence-electron chi connectivity index (χ4n) is 1.44. The van der Waals surface area contributed by atoms with E-state index in [1.165, 1.54) is 12.6 Å². The maximum Gasteiger partial charge on any atom is 0.154 e. The van der Waals surface area contributed by atoms with Crippen LogP contribution in [0.25, 0.3) is 0 Å². The van der Waals surface area contributed by atoms with Gasteiger partial charge in [-0.2, -0.15) is 0 Å². The minimum Gasteiger partial charge on any atom is -0.368 e. The van der Waals surface area contributed by atoms with Crippen LogP contribution in [-0.4, -0.2) is 35.9 Å². The molecule has 0 aliphatic carbocycles. The van der Waals surface area contributed by atoms with Gasteiger partial charge in [0.2, 0.25) is 0 Å². The summed E-state index contributed by atoms with van der Waals surface area (Å²) in [6.07, 6.45) is 4.27. The molecule has 0 saturated carbocycles. The van der Waals surface area contributed by atoms with Crippen molar-refractivity contribution in [2.75, 3.05) is 18.1 Å². The third-order valence-electron chi connectivity index (χ3n) is 3.08. The molecule has 0 bridgehead atoms. The number of nitrogens with one attached hydrogen (secondary N) is 1. The van der Waals surface area contributed by atoms with Crippen LogP contribution >= 0.6 is 11.6 Å². The van der Waals surface area contributed by atoms with Gasteiger partial charge in [-0.3, -0.25) is 0 Å². The maximum atomic E-state index is 11.7. The Balaban J connectivity index is 2.93. The van der Waals surface area contributed by atoms with Gasteiger partial charge in [-0.1, -0.05) is 24.9 Å². The van der Waals surface area contributed by atoms with Crippen LogP contribution in [0.4, 0.5) is 5.82 Å². The van der Waals surface area contributed by atoms with Crippen molar-refractivity contribution >= 4 is 27.3 Å². The monoisotopic (exact) mass is 305 g/mol. The fraction of sp³-hybridized carbons (Fsp3) is 0.667. The normalized spacial score (nSPS) is 12.5. The van der Waals surface area contributed by atoms with Crippen LogP contribution in [0.2, 0.25) is 5.15 Å². The van der Waals surface area contributed by atoms with E-state index in [4.69, 9.17) is 11.6 Å². The first kappa shape index (κ1) is 16.2. The Morgan fingerprint density at radius 3 is 2.53 bits per heavy atom. The summed E-state index contributed by atoms with van der Waals surface area (Å²) in [6.45, 7) is 5.67. The van der Waals surface area contributed by atoms with Crippen molar-refractivity contribution in [3.05, 3.63) is 17.0 Å². The number of rotatable bonds is 6. The quantitative estimate of drug-likeness (QED) is 0.817. The van der Waals surface area contributed by atoms with Crippen LogP contribution in [-0.2, 0) is 16.3 Å². The fourth-order valence-corrected chi connectivity index (χ4v) is 2.00. The first-order valence-corrected chi connectivity index (χ1v) is 8.39. The molecule has 0 unspecified atom stereocenters. The highest BCUT2D eigenvalue weighted by molar-refractivity contribution is 7.92. The summed E-state index contributed by atoms with van der Waals surface area (Å²) < 4.78 is 22.4. The molecular weight excluding hydrogens is 286 g/mol. The molecule has 0 radical (unpaired) electrons. The molecule has 108 valence electrons. The Morgan fingerprint density at radius 1 is 1.37 bits per heavy atom. The Labute approximate surface area is 119 Å². The molecule has 0 aromatic carbocycles. The predicted octanol–water partition coefficient (Wildman–Crippen LogP) is 2.32. The van der Waals surface area contributed by atoms with E-state index in [9.17, 15) is 8.42 Å². The van der Waals surface area contributed by atoms with E-state index in [0.717, 1.165) is 18.4 Å². The van der Waals surface area contributed by atoms with E-state index < -0.39 is 14.6 Å². The molecular formula is C12H20ClN3O2S. The first-order valence-electron chi connectivity index (χ1n) is 6.12. The second-order valence-corrected chi connectivity index (χ2v) is 8.13. The van der Waals surface area contributed by atoms with Gasteiger partial charge in [-0.05, 0) is 20.3 Å². The molecule has 1 heterocycles. The second kappa shape index (κ2) is 6.05. The number of sulfone groups is 1. The highest BCUT2D eigenvalue weighted by Crippen LogP contribution is 2.23. The lowest BCUT2D eigenvalue weighted by Crippen LogP contribution is -2.38. The van der Waals surface area contributed by atoms with Gasteiger partial charge in [0.25, 0.3) is 0 Å². The molecule has 0 amide bonds. The molecule has 0 spiro atoms. The predicted molar refractivity (Wildman–Crippen MR) is 78.4 cm³/mol. The van der Waals surface area contributed by atoms with Gasteiger partial charge in [-0.15, -0.1) is 0 Å². The van der Waals surface area contributed by atoms with Crippen molar-refractivity contribution in [3.8, 4) is 0 Å². The largest absolute Gasteiger partial charge is 0.368 e. The molecule has 1 aromatic rings. The molecule has 0 aliphatic rings. The molecule has 7 heteroatoms. The lowest BCUT2D eigenvalue weighted by atomic mass is 10.1. The first-order chi connectivity index (χ1) is 8.69. The minimum atomic E-state index is -3.15. The molecule has 1 N–H and O–H groups in total. The topological polar surface area (TPSA) is 72.0 Å². The van der Waals surface area contributed by atoms with E-state index >= 15 is 0 Å². The number of anilines is 1. The van der Waals surface area contributed by atoms with Gasteiger partial charge < -0.3 is 5.32 Å². The molecule has 0 saturated heterocycles. The SMILES string of the molecule is CCCc1c(Cl)ncnc1NCC(C)(C)S(C)(=O)=O. The van der Waals surface area contributed by atoms with Crippen molar-refractivity contribution in [1.29, 1.82) is 0 Å². The van der Waals surface area contributed by atoms with Crippen molar-refractivity contribution in [2.24, 2.45) is 0 Å². The van der Waals surface area contributed by atoms with Gasteiger partial charge >= 0.3 is 0 Å². The average molecular weight is 306 g/mol. The summed E-state index contributed by atoms with van der Waals surface area (Å²) in [5.74, 6) is 0.610. The Kier molecular flexibility index (Phi) is 5.15. The van der Waals surface area contributed by atoms with Crippen molar-refractivity contribution in [3.63, 3.8) is 0 Å². The number of hydrogen-bond acceptors (Lipinski definition) is 5. The highest BCUT2D eigenvalue weighted by atomic mass is 35.5. The molecule has 0 atom stereocenters. The number of nitrogens with zero attached hydrogens (tertiary/aromatic N) is 2. The number of hydrogen-bond donors (Lipinski definition) is 1. The zero-order valence-corrected chi connectivity index (χ0v) is 13.3. The van der Waals surface area contributed by atoms with Crippen LogP contribution < -0.4 is 5.32 Å². The Bertz CT molecular complexity index is 544. The van der Waals surface area contributed by atoms with Crippen LogP contribution in [0, 0.1) is 0 Å². The van der Waals surface area contributed by atoms with Gasteiger partial charge in [0.1, 0.15) is 17.3 Å². The lowest BCUT2D eigenvalue weighted by Gasteiger charge is -2.23. The standard InChI is InChI=1S/C12H20ClN3O2S/c1-5-6-9-10(13)15-8-16-11(9)14-7-12(2,3)19(4,17)18/h8H,5-7H2,1-4H3,(H,14,15,16). The van der Waals surface area contributed by atoms with Crippen LogP contribution in [0.3, 0.4) is 0 Å². The summed E-state index contributed by atoms with van der Waals surface area (Å²) >= 11 is 6.04. The average Bonchev–Trinajstić information content (AvgIpc) is 2.28. The summed E-state index contributed by atoms with van der Waals surface area (Å²) in [7, 11) is -3.15. The van der Waals surface area contributed by atoms with E-state index in [2.05, 4.69) is 15.3 Å². The van der Waals surface area contributed by atoms with Gasteiger partial charge in [0.05, 0.1) is 4.75 Å². The lowest BCUT2D eigenvalue weighted by molar-refractivity contribution is 0.559. The van der Waals surface area contributed by atoms with E-state index in [-0.39, 0.29) is 6.54 Å². The molecule has 19 heavy (non-hydrogen) atoms. The summed E-state index contributed by atoms with van der Waals surface area (Å²) in [5.41, 5.74) is 0.830. The smallest absolute Gasteiger partial charge is 0.154 e. The zero-order valence-electron chi connectivity index (χ0n) is 11.7. The summed E-state index contributed by atoms with van der Waals surface area (Å²) in [4.78, 5) is 8.09. The number of aromatic nitrogens is 2. The molecule has 1 aromatic heterocycles. The third kappa shape index (κ3) is 4.04. The minimum absolute atomic E-state index is 0.274. The van der Waals surface area contributed by atoms with Crippen molar-refractivity contribution in [1.82, 2.24) is 9.97 Å². The molecule has 0 fully saturated rings. The number of halogens is 1. The summed E-state index contributed by atoms with van der Waals surface area (Å²) in [6, 6.07) is 0. The maximum absolute atomic E-state index is 11.7. The van der Waals surface area contributed by atoms with Crippen molar-refractivity contribution < 1.29 is 8.42 Å². The van der Waals surface area contributed by atoms with Gasteiger partial charge in [-0.25, -0.2) is 18.4 Å². The van der Waals surface area contributed by atoms with Crippen LogP contribution in [0.1, 0.15) is 32.8 Å². The van der Waals surface area contributed by atoms with Crippen LogP contribution in [0.15, 0.2) is 6.33 Å². The van der Waals surface area contributed by atoms with E-state index in [1.54, 1.807) is 13.8 Å². The van der Waals surface area contributed by atoms with Crippen molar-refractivity contribution in [2.45, 2.75) is 38.4 Å². The second-order valence-electron chi connectivity index (χ2n) is 5.13. The molecule has 5 nitrogen and oxygen atoms in total. The molecule has 0 aliphatic heterocycles. The van der Waals surface area contributed by atoms with Crippen LogP contribution in [0.5, 0.6) is 0 Å². The summed E-state index contributed by atoms with van der Waals surface area (Å²) in [5, 5.41) is 3.48. The molecule has 1 rings (SSSR count). The van der Waals surface area contributed by atoms with Gasteiger partial charge in [0.15, 0.2) is 9.84 Å². The highest BCUT2D eigenvalue weighted by Gasteiger charge is 2.30. The Morgan fingerprint density at radius 2 is 2.00 bits per heavy atom. The third-order valence-corrected chi connectivity index (χ3v) is 5.56. The van der Waals surface area contributed by atoms with E-state index in [1.807, 2.05) is 6.92 Å². The van der Waals surface area contributed by atoms with E-state index in [0.29, 0.717) is 11.0 Å².